The van der Waals surface area contributed by atoms with Gasteiger partial charge in [0.05, 0.1) is 12.6 Å². The molecule has 1 atom stereocenters. The summed E-state index contributed by atoms with van der Waals surface area (Å²) in [4.78, 5) is 21.7. The molecular weight excluding hydrogens is 396 g/mol. The van der Waals surface area contributed by atoms with E-state index >= 15 is 0 Å². The largest absolute Gasteiger partial charge is 0.395 e. The summed E-state index contributed by atoms with van der Waals surface area (Å²) in [5.74, 6) is 0. The van der Waals surface area contributed by atoms with Crippen molar-refractivity contribution < 1.29 is 9.90 Å². The second-order valence-corrected chi connectivity index (χ2v) is 8.59. The Kier molecular flexibility index (Phi) is 5.14. The number of nitrogens with zero attached hydrogens (tertiary/aromatic N) is 3. The third-order valence-electron chi connectivity index (χ3n) is 5.99. The van der Waals surface area contributed by atoms with E-state index in [-0.39, 0.29) is 18.7 Å². The van der Waals surface area contributed by atoms with E-state index in [4.69, 9.17) is 0 Å². The maximum Gasteiger partial charge on any atom is 0.322 e. The Labute approximate surface area is 179 Å². The fraction of sp³-hybridized carbons (Fsp3) is 0.304. The summed E-state index contributed by atoms with van der Waals surface area (Å²) in [5.41, 5.74) is 5.66. The fourth-order valence-corrected chi connectivity index (χ4v) is 5.24. The number of aromatic nitrogens is 1. The third-order valence-corrected chi connectivity index (χ3v) is 6.83. The van der Waals surface area contributed by atoms with Gasteiger partial charge >= 0.3 is 6.03 Å². The zero-order chi connectivity index (χ0) is 20.5. The van der Waals surface area contributed by atoms with Crippen molar-refractivity contribution in [3.8, 4) is 0 Å². The van der Waals surface area contributed by atoms with Crippen molar-refractivity contribution in [2.75, 3.05) is 23.4 Å². The highest BCUT2D eigenvalue weighted by atomic mass is 32.1. The van der Waals surface area contributed by atoms with Crippen LogP contribution in [-0.2, 0) is 19.5 Å². The van der Waals surface area contributed by atoms with Crippen molar-refractivity contribution in [2.24, 2.45) is 0 Å². The molecule has 2 amide bonds. The van der Waals surface area contributed by atoms with Crippen molar-refractivity contribution in [3.05, 3.63) is 76.3 Å². The van der Waals surface area contributed by atoms with E-state index in [9.17, 15) is 9.90 Å². The first-order valence-corrected chi connectivity index (χ1v) is 11.1. The average Bonchev–Trinajstić information content (AvgIpc) is 3.51. The zero-order valence-corrected chi connectivity index (χ0v) is 17.4. The van der Waals surface area contributed by atoms with Crippen LogP contribution in [0.2, 0.25) is 0 Å². The minimum Gasteiger partial charge on any atom is -0.395 e. The molecule has 6 nitrogen and oxygen atoms in total. The standard InChI is InChI=1S/C23H24N4O2S/c28-12-11-27(21-9-8-16-4-1-2-6-18(16)21)22(29)25-20-7-3-5-17-14-26(15-19(17)20)23-24-10-13-30-23/h1-7,10,13,21,28H,8-9,11-12,14-15H2,(H,25,29)/t21-/m0/s1. The van der Waals surface area contributed by atoms with Crippen LogP contribution in [-0.4, -0.2) is 34.2 Å². The molecule has 0 saturated carbocycles. The molecule has 3 aromatic rings. The second kappa shape index (κ2) is 8.08. The van der Waals surface area contributed by atoms with Crippen LogP contribution in [0.25, 0.3) is 0 Å². The molecular formula is C23H24N4O2S. The van der Waals surface area contributed by atoms with E-state index in [2.05, 4.69) is 33.4 Å². The number of hydrogen-bond donors (Lipinski definition) is 2. The number of aliphatic hydroxyl groups excluding tert-OH is 1. The molecule has 2 N–H and O–H groups in total. The maximum atomic E-state index is 13.3. The molecule has 1 aliphatic heterocycles. The van der Waals surface area contributed by atoms with Crippen molar-refractivity contribution >= 4 is 28.2 Å². The quantitative estimate of drug-likeness (QED) is 0.650. The number of aryl methyl sites for hydroxylation is 1. The van der Waals surface area contributed by atoms with Crippen LogP contribution < -0.4 is 10.2 Å². The van der Waals surface area contributed by atoms with Gasteiger partial charge in [-0.25, -0.2) is 9.78 Å². The summed E-state index contributed by atoms with van der Waals surface area (Å²) in [6, 6.07) is 14.2. The molecule has 0 radical (unpaired) electrons. The minimum absolute atomic E-state index is 0.00284. The summed E-state index contributed by atoms with van der Waals surface area (Å²) < 4.78 is 0. The van der Waals surface area contributed by atoms with Gasteiger partial charge in [-0.1, -0.05) is 36.4 Å². The number of nitrogens with one attached hydrogen (secondary N) is 1. The number of amides is 2. The zero-order valence-electron chi connectivity index (χ0n) is 16.6. The molecule has 2 aliphatic rings. The number of anilines is 2. The number of thiazole rings is 1. The lowest BCUT2D eigenvalue weighted by molar-refractivity contribution is 0.162. The highest BCUT2D eigenvalue weighted by Crippen LogP contribution is 2.37. The molecule has 0 saturated heterocycles. The van der Waals surface area contributed by atoms with E-state index in [1.54, 1.807) is 16.2 Å². The highest BCUT2D eigenvalue weighted by molar-refractivity contribution is 7.13. The van der Waals surface area contributed by atoms with Gasteiger partial charge in [-0.3, -0.25) is 0 Å². The molecule has 1 aromatic heterocycles. The van der Waals surface area contributed by atoms with Crippen LogP contribution in [0.3, 0.4) is 0 Å². The maximum absolute atomic E-state index is 13.3. The van der Waals surface area contributed by atoms with E-state index in [1.165, 1.54) is 16.7 Å². The molecule has 1 aliphatic carbocycles. The van der Waals surface area contributed by atoms with Crippen molar-refractivity contribution in [3.63, 3.8) is 0 Å². The molecule has 30 heavy (non-hydrogen) atoms. The first kappa shape index (κ1) is 19.1. The van der Waals surface area contributed by atoms with Gasteiger partial charge < -0.3 is 20.2 Å². The normalized spacial score (nSPS) is 17.0. The number of aliphatic hydroxyl groups is 1. The lowest BCUT2D eigenvalue weighted by Crippen LogP contribution is -2.39. The number of fused-ring (bicyclic) bond motifs is 2. The number of benzene rings is 2. The summed E-state index contributed by atoms with van der Waals surface area (Å²) in [6.07, 6.45) is 3.66. The number of carbonyl (C=O) groups is 1. The van der Waals surface area contributed by atoms with Gasteiger partial charge in [0.1, 0.15) is 0 Å². The molecule has 2 heterocycles. The molecule has 5 rings (SSSR count). The lowest BCUT2D eigenvalue weighted by Gasteiger charge is -2.29. The summed E-state index contributed by atoms with van der Waals surface area (Å²) in [6.45, 7) is 1.77. The minimum atomic E-state index is -0.160. The van der Waals surface area contributed by atoms with Crippen LogP contribution in [0, 0.1) is 0 Å². The van der Waals surface area contributed by atoms with E-state index in [1.807, 2.05) is 35.8 Å². The molecule has 7 heteroatoms. The molecule has 0 spiro atoms. The predicted octanol–water partition coefficient (Wildman–Crippen LogP) is 4.18. The van der Waals surface area contributed by atoms with E-state index in [0.717, 1.165) is 42.3 Å². The van der Waals surface area contributed by atoms with Crippen molar-refractivity contribution in [1.29, 1.82) is 0 Å². The van der Waals surface area contributed by atoms with Gasteiger partial charge in [-0.2, -0.15) is 0 Å². The summed E-state index contributed by atoms with van der Waals surface area (Å²) in [7, 11) is 0. The van der Waals surface area contributed by atoms with Crippen molar-refractivity contribution in [2.45, 2.75) is 32.0 Å². The van der Waals surface area contributed by atoms with Gasteiger partial charge in [0.15, 0.2) is 5.13 Å². The number of rotatable bonds is 5. The summed E-state index contributed by atoms with van der Waals surface area (Å²) >= 11 is 1.62. The Bertz CT molecular complexity index is 1050. The van der Waals surface area contributed by atoms with Crippen LogP contribution in [0.4, 0.5) is 15.6 Å². The number of hydrogen-bond acceptors (Lipinski definition) is 5. The molecule has 0 fully saturated rings. The smallest absolute Gasteiger partial charge is 0.322 e. The van der Waals surface area contributed by atoms with Gasteiger partial charge in [-0.15, -0.1) is 11.3 Å². The Morgan fingerprint density at radius 1 is 1.20 bits per heavy atom. The first-order chi connectivity index (χ1) is 14.7. The second-order valence-electron chi connectivity index (χ2n) is 7.71. The fourth-order valence-electron chi connectivity index (χ4n) is 4.60. The summed E-state index contributed by atoms with van der Waals surface area (Å²) in [5, 5.41) is 15.7. The molecule has 2 aromatic carbocycles. The van der Waals surface area contributed by atoms with Gasteiger partial charge in [0.2, 0.25) is 0 Å². The number of urea groups is 1. The van der Waals surface area contributed by atoms with Crippen molar-refractivity contribution in [1.82, 2.24) is 9.88 Å². The Hall–Kier alpha value is -2.90. The van der Waals surface area contributed by atoms with Gasteiger partial charge in [-0.05, 0) is 35.6 Å². The van der Waals surface area contributed by atoms with Gasteiger partial charge in [0, 0.05) is 42.5 Å². The molecule has 0 unspecified atom stereocenters. The first-order valence-electron chi connectivity index (χ1n) is 10.3. The lowest BCUT2D eigenvalue weighted by atomic mass is 10.1. The Morgan fingerprint density at radius 3 is 2.90 bits per heavy atom. The van der Waals surface area contributed by atoms with Crippen LogP contribution >= 0.6 is 11.3 Å². The number of carbonyl (C=O) groups excluding carboxylic acids is 1. The predicted molar refractivity (Wildman–Crippen MR) is 119 cm³/mol. The van der Waals surface area contributed by atoms with Crippen LogP contribution in [0.15, 0.2) is 54.0 Å². The van der Waals surface area contributed by atoms with Crippen LogP contribution in [0.5, 0.6) is 0 Å². The van der Waals surface area contributed by atoms with E-state index in [0.29, 0.717) is 6.54 Å². The SMILES string of the molecule is O=C(Nc1cccc2c1CN(c1nccs1)C2)N(CCO)[C@H]1CCc2ccccc21. The van der Waals surface area contributed by atoms with E-state index < -0.39 is 0 Å². The van der Waals surface area contributed by atoms with Crippen LogP contribution in [0.1, 0.15) is 34.7 Å². The third kappa shape index (κ3) is 3.44. The monoisotopic (exact) mass is 420 g/mol. The average molecular weight is 421 g/mol. The Balaban J connectivity index is 1.37. The Morgan fingerprint density at radius 2 is 2.07 bits per heavy atom. The van der Waals surface area contributed by atoms with Gasteiger partial charge in [0.25, 0.3) is 0 Å². The topological polar surface area (TPSA) is 68.7 Å². The highest BCUT2D eigenvalue weighted by Gasteiger charge is 2.31. The molecule has 154 valence electrons. The molecule has 0 bridgehead atoms.